The van der Waals surface area contributed by atoms with Crippen LogP contribution in [0.4, 0.5) is 5.69 Å². The Hall–Kier alpha value is -1.13. The first-order valence-corrected chi connectivity index (χ1v) is 6.65. The summed E-state index contributed by atoms with van der Waals surface area (Å²) in [6, 6.07) is 3.41. The number of aryl methyl sites for hydroxylation is 1. The molecule has 0 bridgehead atoms. The zero-order valence-corrected chi connectivity index (χ0v) is 11.9. The highest BCUT2D eigenvalue weighted by Crippen LogP contribution is 2.32. The van der Waals surface area contributed by atoms with Crippen LogP contribution in [-0.4, -0.2) is 24.1 Å². The number of methoxy groups -OCH3 is 1. The fourth-order valence-corrected chi connectivity index (χ4v) is 2.08. The molecule has 0 aliphatic heterocycles. The Balaban J connectivity index is 2.55. The van der Waals surface area contributed by atoms with Crippen LogP contribution < -0.4 is 10.5 Å². The fourth-order valence-electron chi connectivity index (χ4n) is 1.17. The molecule has 0 spiro atoms. The number of carbonyl (C=O) groups is 1. The fraction of sp³-hybridized carbons (Fsp3) is 0.300. The van der Waals surface area contributed by atoms with E-state index in [1.165, 1.54) is 7.11 Å². The summed E-state index contributed by atoms with van der Waals surface area (Å²) >= 11 is 1.50. The molecule has 0 aromatic heterocycles. The molecule has 19 heavy (non-hydrogen) atoms. The van der Waals surface area contributed by atoms with Gasteiger partial charge in [-0.1, -0.05) is 5.04 Å². The number of ether oxygens (including phenoxy) is 1. The molecule has 0 heterocycles. The summed E-state index contributed by atoms with van der Waals surface area (Å²) in [5.74, 6) is -0.156. The summed E-state index contributed by atoms with van der Waals surface area (Å²) in [7, 11) is 1.50. The standard InChI is InChI=1S/C10H13NO6S2/c1-6-3-7(11)8(14-2)4-9(6)19-15-10(12)5-18-17-16-13/h3-4,13H,5,11H2,1-2H3. The Labute approximate surface area is 118 Å². The van der Waals surface area contributed by atoms with Crippen LogP contribution in [-0.2, 0) is 18.3 Å². The van der Waals surface area contributed by atoms with E-state index in [9.17, 15) is 4.79 Å². The van der Waals surface area contributed by atoms with E-state index in [-0.39, 0.29) is 5.75 Å². The van der Waals surface area contributed by atoms with Crippen LogP contribution in [0.3, 0.4) is 0 Å². The lowest BCUT2D eigenvalue weighted by Gasteiger charge is -2.09. The van der Waals surface area contributed by atoms with Crippen molar-refractivity contribution in [3.8, 4) is 5.75 Å². The zero-order valence-electron chi connectivity index (χ0n) is 10.2. The van der Waals surface area contributed by atoms with Crippen molar-refractivity contribution in [3.05, 3.63) is 17.7 Å². The molecule has 0 aliphatic carbocycles. The molecule has 0 unspecified atom stereocenters. The highest BCUT2D eigenvalue weighted by Gasteiger charge is 2.11. The largest absolute Gasteiger partial charge is 0.495 e. The maximum atomic E-state index is 11.3. The first kappa shape index (κ1) is 15.9. The summed E-state index contributed by atoms with van der Waals surface area (Å²) < 4.78 is 14.1. The van der Waals surface area contributed by atoms with Gasteiger partial charge in [0, 0.05) is 12.0 Å². The number of anilines is 1. The van der Waals surface area contributed by atoms with Gasteiger partial charge in [0.05, 0.1) is 29.7 Å². The van der Waals surface area contributed by atoms with Crippen molar-refractivity contribution in [3.63, 3.8) is 0 Å². The molecule has 0 fully saturated rings. The van der Waals surface area contributed by atoms with Gasteiger partial charge >= 0.3 is 5.97 Å². The Morgan fingerprint density at radius 1 is 1.47 bits per heavy atom. The summed E-state index contributed by atoms with van der Waals surface area (Å²) in [5.41, 5.74) is 7.11. The lowest BCUT2D eigenvalue weighted by Crippen LogP contribution is -2.03. The lowest BCUT2D eigenvalue weighted by molar-refractivity contribution is -0.432. The number of carbonyl (C=O) groups excluding carboxylic acids is 1. The molecular formula is C10H13NO6S2. The molecule has 3 N–H and O–H groups in total. The summed E-state index contributed by atoms with van der Waals surface area (Å²) in [6.07, 6.45) is 0. The first-order chi connectivity index (χ1) is 9.08. The summed E-state index contributed by atoms with van der Waals surface area (Å²) in [5, 5.41) is 11.2. The minimum atomic E-state index is -0.540. The van der Waals surface area contributed by atoms with Gasteiger partial charge in [0.2, 0.25) is 0 Å². The van der Waals surface area contributed by atoms with Crippen LogP contribution in [0.5, 0.6) is 5.75 Å². The van der Waals surface area contributed by atoms with Crippen LogP contribution in [0, 0.1) is 6.92 Å². The molecule has 0 aliphatic rings. The van der Waals surface area contributed by atoms with Gasteiger partial charge in [-0.25, -0.2) is 5.26 Å². The highest BCUT2D eigenvalue weighted by molar-refractivity contribution is 7.96. The zero-order chi connectivity index (χ0) is 14.3. The molecule has 1 aromatic rings. The van der Waals surface area contributed by atoms with Crippen LogP contribution in [0.15, 0.2) is 17.0 Å². The topological polar surface area (TPSA) is 100 Å². The van der Waals surface area contributed by atoms with E-state index < -0.39 is 5.97 Å². The third kappa shape index (κ3) is 5.17. The second-order valence-corrected chi connectivity index (χ2v) is 4.74. The molecule has 1 rings (SSSR count). The molecule has 7 nitrogen and oxygen atoms in total. The molecule has 106 valence electrons. The summed E-state index contributed by atoms with van der Waals surface area (Å²) in [6.45, 7) is 1.84. The van der Waals surface area contributed by atoms with Crippen molar-refractivity contribution in [2.45, 2.75) is 11.8 Å². The van der Waals surface area contributed by atoms with Crippen LogP contribution in [0.1, 0.15) is 5.56 Å². The number of rotatable bonds is 7. The lowest BCUT2D eigenvalue weighted by atomic mass is 10.2. The van der Waals surface area contributed by atoms with E-state index in [0.717, 1.165) is 17.6 Å². The molecule has 0 radical (unpaired) electrons. The van der Waals surface area contributed by atoms with Crippen molar-refractivity contribution in [1.29, 1.82) is 0 Å². The van der Waals surface area contributed by atoms with Gasteiger partial charge < -0.3 is 14.7 Å². The van der Waals surface area contributed by atoms with Gasteiger partial charge in [0.1, 0.15) is 11.5 Å². The normalized spacial score (nSPS) is 10.3. The average molecular weight is 307 g/mol. The Morgan fingerprint density at radius 2 is 2.21 bits per heavy atom. The predicted octanol–water partition coefficient (Wildman–Crippen LogP) is 2.21. The van der Waals surface area contributed by atoms with E-state index in [4.69, 9.17) is 19.9 Å². The summed E-state index contributed by atoms with van der Waals surface area (Å²) in [4.78, 5) is 12.0. The van der Waals surface area contributed by atoms with Gasteiger partial charge in [-0.05, 0) is 24.6 Å². The second-order valence-electron chi connectivity index (χ2n) is 3.30. The molecule has 9 heteroatoms. The van der Waals surface area contributed by atoms with E-state index in [1.54, 1.807) is 12.1 Å². The third-order valence-corrected chi connectivity index (χ3v) is 3.41. The number of hydrogen-bond donors (Lipinski definition) is 2. The van der Waals surface area contributed by atoms with Gasteiger partial charge in [-0.15, -0.1) is 4.33 Å². The SMILES string of the molecule is COc1cc(SOC(=O)CSOOO)c(C)cc1N. The van der Waals surface area contributed by atoms with E-state index in [2.05, 4.69) is 9.37 Å². The Bertz CT molecular complexity index is 442. The van der Waals surface area contributed by atoms with Gasteiger partial charge in [-0.3, -0.25) is 4.79 Å². The van der Waals surface area contributed by atoms with Crippen LogP contribution >= 0.6 is 24.1 Å². The van der Waals surface area contributed by atoms with Gasteiger partial charge in [0.15, 0.2) is 0 Å². The highest BCUT2D eigenvalue weighted by atomic mass is 32.2. The second kappa shape index (κ2) is 8.12. The molecule has 1 aromatic carbocycles. The van der Waals surface area contributed by atoms with Crippen molar-refractivity contribution in [2.75, 3.05) is 18.6 Å². The molecule has 0 amide bonds. The van der Waals surface area contributed by atoms with E-state index in [1.807, 2.05) is 6.92 Å². The average Bonchev–Trinajstić information content (AvgIpc) is 2.38. The Morgan fingerprint density at radius 3 is 2.84 bits per heavy atom. The predicted molar refractivity (Wildman–Crippen MR) is 71.3 cm³/mol. The van der Waals surface area contributed by atoms with Crippen molar-refractivity contribution in [1.82, 2.24) is 0 Å². The molecular weight excluding hydrogens is 294 g/mol. The van der Waals surface area contributed by atoms with E-state index >= 15 is 0 Å². The molecule has 0 atom stereocenters. The quantitative estimate of drug-likeness (QED) is 0.258. The van der Waals surface area contributed by atoms with Crippen LogP contribution in [0.2, 0.25) is 0 Å². The molecule has 0 saturated carbocycles. The minimum absolute atomic E-state index is 0.126. The number of hydrogen-bond acceptors (Lipinski definition) is 9. The maximum Gasteiger partial charge on any atom is 0.330 e. The number of benzene rings is 1. The van der Waals surface area contributed by atoms with Gasteiger partial charge in [0.25, 0.3) is 0 Å². The number of nitrogen functional groups attached to an aromatic ring is 1. The monoisotopic (exact) mass is 307 g/mol. The Kier molecular flexibility index (Phi) is 6.81. The third-order valence-electron chi connectivity index (χ3n) is 2.01. The minimum Gasteiger partial charge on any atom is -0.495 e. The first-order valence-electron chi connectivity index (χ1n) is 4.99. The van der Waals surface area contributed by atoms with Crippen molar-refractivity contribution in [2.24, 2.45) is 0 Å². The van der Waals surface area contributed by atoms with Crippen molar-refractivity contribution >= 4 is 35.7 Å². The molecule has 0 saturated heterocycles. The van der Waals surface area contributed by atoms with E-state index in [0.29, 0.717) is 28.4 Å². The smallest absolute Gasteiger partial charge is 0.330 e. The van der Waals surface area contributed by atoms with Gasteiger partial charge in [-0.2, -0.15) is 0 Å². The van der Waals surface area contributed by atoms with Crippen molar-refractivity contribution < 1.29 is 28.3 Å². The number of nitrogens with two attached hydrogens (primary N) is 1. The maximum absolute atomic E-state index is 11.3. The van der Waals surface area contributed by atoms with Crippen LogP contribution in [0.25, 0.3) is 0 Å².